The van der Waals surface area contributed by atoms with Crippen molar-refractivity contribution in [1.82, 2.24) is 4.90 Å². The number of carbonyl (C=O) groups excluding carboxylic acids is 1. The van der Waals surface area contributed by atoms with E-state index in [0.29, 0.717) is 11.3 Å². The predicted molar refractivity (Wildman–Crippen MR) is 101 cm³/mol. The van der Waals surface area contributed by atoms with Gasteiger partial charge in [-0.2, -0.15) is 0 Å². The van der Waals surface area contributed by atoms with E-state index in [1.807, 2.05) is 19.1 Å². The van der Waals surface area contributed by atoms with Crippen LogP contribution in [0.3, 0.4) is 0 Å². The minimum Gasteiger partial charge on any atom is -0.497 e. The summed E-state index contributed by atoms with van der Waals surface area (Å²) in [6, 6.07) is 12.7. The van der Waals surface area contributed by atoms with Gasteiger partial charge >= 0.3 is 0 Å². The number of methoxy groups -OCH3 is 1. The Kier molecular flexibility index (Phi) is 5.57. The molecule has 1 aliphatic heterocycles. The Morgan fingerprint density at radius 3 is 2.65 bits per heavy atom. The van der Waals surface area contributed by atoms with Crippen LogP contribution >= 0.6 is 0 Å². The second-order valence-corrected chi connectivity index (χ2v) is 6.80. The molecule has 4 nitrogen and oxygen atoms in total. The summed E-state index contributed by atoms with van der Waals surface area (Å²) in [5.41, 5.74) is 2.24. The van der Waals surface area contributed by atoms with E-state index >= 15 is 0 Å². The summed E-state index contributed by atoms with van der Waals surface area (Å²) in [7, 11) is 1.65. The number of nitrogens with one attached hydrogen (secondary N) is 1. The predicted octanol–water partition coefficient (Wildman–Crippen LogP) is 4.31. The number of halogens is 1. The van der Waals surface area contributed by atoms with Gasteiger partial charge in [0.05, 0.1) is 13.2 Å². The first kappa shape index (κ1) is 18.4. The molecule has 0 aliphatic carbocycles. The van der Waals surface area contributed by atoms with Crippen molar-refractivity contribution < 1.29 is 13.9 Å². The molecular weight excluding hydrogens is 331 g/mol. The first-order valence-electron chi connectivity index (χ1n) is 8.96. The normalized spacial score (nSPS) is 18.5. The number of hydrogen-bond acceptors (Lipinski definition) is 3. The SMILES string of the molecule is COc1ccc([C@H]2CCCN2[C@@H](C)C(=O)Nc2ccc(C)c(F)c2)cc1. The average Bonchev–Trinajstić information content (AvgIpc) is 3.14. The highest BCUT2D eigenvalue weighted by molar-refractivity contribution is 5.94. The van der Waals surface area contributed by atoms with Gasteiger partial charge in [-0.25, -0.2) is 4.39 Å². The van der Waals surface area contributed by atoms with Gasteiger partial charge in [0.2, 0.25) is 5.91 Å². The van der Waals surface area contributed by atoms with Crippen molar-refractivity contribution in [3.63, 3.8) is 0 Å². The van der Waals surface area contributed by atoms with Crippen LogP contribution in [0.25, 0.3) is 0 Å². The summed E-state index contributed by atoms with van der Waals surface area (Å²) in [6.45, 7) is 4.47. The molecule has 0 aromatic heterocycles. The largest absolute Gasteiger partial charge is 0.497 e. The van der Waals surface area contributed by atoms with Crippen LogP contribution in [0, 0.1) is 12.7 Å². The van der Waals surface area contributed by atoms with Crippen LogP contribution in [-0.2, 0) is 4.79 Å². The molecule has 0 saturated carbocycles. The van der Waals surface area contributed by atoms with Crippen LogP contribution in [0.15, 0.2) is 42.5 Å². The van der Waals surface area contributed by atoms with E-state index < -0.39 is 0 Å². The van der Waals surface area contributed by atoms with Gasteiger partial charge in [-0.1, -0.05) is 18.2 Å². The lowest BCUT2D eigenvalue weighted by molar-refractivity contribution is -0.121. The molecule has 0 unspecified atom stereocenters. The molecule has 138 valence electrons. The molecule has 2 aromatic rings. The van der Waals surface area contributed by atoms with Gasteiger partial charge in [-0.05, 0) is 68.6 Å². The zero-order valence-corrected chi connectivity index (χ0v) is 15.5. The van der Waals surface area contributed by atoms with Crippen molar-refractivity contribution in [3.8, 4) is 5.75 Å². The third kappa shape index (κ3) is 3.88. The maximum absolute atomic E-state index is 13.7. The van der Waals surface area contributed by atoms with Crippen molar-refractivity contribution in [2.75, 3.05) is 19.0 Å². The number of likely N-dealkylation sites (tertiary alicyclic amines) is 1. The van der Waals surface area contributed by atoms with E-state index in [9.17, 15) is 9.18 Å². The van der Waals surface area contributed by atoms with Gasteiger partial charge in [0.25, 0.3) is 0 Å². The standard InChI is InChI=1S/C21H25FN2O2/c1-14-6-9-17(13-19(14)22)23-21(25)15(2)24-12-4-5-20(24)16-7-10-18(26-3)11-8-16/h6-11,13,15,20H,4-5,12H2,1-3H3,(H,23,25)/t15-,20+/m0/s1. The quantitative estimate of drug-likeness (QED) is 0.868. The van der Waals surface area contributed by atoms with Crippen LogP contribution in [-0.4, -0.2) is 30.5 Å². The molecule has 2 atom stereocenters. The molecule has 1 aliphatic rings. The Morgan fingerprint density at radius 2 is 2.00 bits per heavy atom. The highest BCUT2D eigenvalue weighted by atomic mass is 19.1. The Bertz CT molecular complexity index is 776. The van der Waals surface area contributed by atoms with E-state index in [4.69, 9.17) is 4.74 Å². The third-order valence-electron chi connectivity index (χ3n) is 5.11. The van der Waals surface area contributed by atoms with Gasteiger partial charge in [0.1, 0.15) is 11.6 Å². The first-order valence-corrected chi connectivity index (χ1v) is 8.96. The van der Waals surface area contributed by atoms with Gasteiger partial charge < -0.3 is 10.1 Å². The molecule has 3 rings (SSSR count). The molecule has 0 bridgehead atoms. The lowest BCUT2D eigenvalue weighted by Crippen LogP contribution is -2.41. The Labute approximate surface area is 154 Å². The van der Waals surface area contributed by atoms with E-state index in [1.54, 1.807) is 26.2 Å². The smallest absolute Gasteiger partial charge is 0.241 e. The van der Waals surface area contributed by atoms with Crippen molar-refractivity contribution in [3.05, 3.63) is 59.4 Å². The fraction of sp³-hybridized carbons (Fsp3) is 0.381. The number of ether oxygens (including phenoxy) is 1. The highest BCUT2D eigenvalue weighted by Gasteiger charge is 2.33. The molecule has 26 heavy (non-hydrogen) atoms. The van der Waals surface area contributed by atoms with E-state index in [0.717, 1.165) is 25.1 Å². The molecular formula is C21H25FN2O2. The monoisotopic (exact) mass is 356 g/mol. The molecule has 1 saturated heterocycles. The maximum Gasteiger partial charge on any atom is 0.241 e. The average molecular weight is 356 g/mol. The maximum atomic E-state index is 13.7. The Morgan fingerprint density at radius 1 is 1.27 bits per heavy atom. The van der Waals surface area contributed by atoms with Crippen LogP contribution < -0.4 is 10.1 Å². The minimum absolute atomic E-state index is 0.117. The zero-order chi connectivity index (χ0) is 18.7. The fourth-order valence-corrected chi connectivity index (χ4v) is 3.50. The van der Waals surface area contributed by atoms with Crippen LogP contribution in [0.4, 0.5) is 10.1 Å². The minimum atomic E-state index is -0.312. The molecule has 0 spiro atoms. The second-order valence-electron chi connectivity index (χ2n) is 6.80. The lowest BCUT2D eigenvalue weighted by atomic mass is 10.0. The molecule has 5 heteroatoms. The Hall–Kier alpha value is -2.40. The molecule has 1 heterocycles. The number of rotatable bonds is 5. The summed E-state index contributed by atoms with van der Waals surface area (Å²) in [5.74, 6) is 0.395. The summed E-state index contributed by atoms with van der Waals surface area (Å²) >= 11 is 0. The molecule has 1 N–H and O–H groups in total. The van der Waals surface area contributed by atoms with Crippen LogP contribution in [0.5, 0.6) is 5.75 Å². The van der Waals surface area contributed by atoms with Crippen molar-refractivity contribution >= 4 is 11.6 Å². The van der Waals surface area contributed by atoms with Crippen molar-refractivity contribution in [2.45, 2.75) is 38.8 Å². The summed E-state index contributed by atoms with van der Waals surface area (Å²) < 4.78 is 18.9. The second kappa shape index (κ2) is 7.87. The van der Waals surface area contributed by atoms with Crippen molar-refractivity contribution in [1.29, 1.82) is 0 Å². The van der Waals surface area contributed by atoms with E-state index in [1.165, 1.54) is 11.6 Å². The van der Waals surface area contributed by atoms with E-state index in [-0.39, 0.29) is 23.8 Å². The van der Waals surface area contributed by atoms with E-state index in [2.05, 4.69) is 22.3 Å². The molecule has 2 aromatic carbocycles. The summed E-state index contributed by atoms with van der Waals surface area (Å²) in [5, 5.41) is 2.84. The third-order valence-corrected chi connectivity index (χ3v) is 5.11. The van der Waals surface area contributed by atoms with Gasteiger partial charge in [-0.3, -0.25) is 9.69 Å². The van der Waals surface area contributed by atoms with Crippen molar-refractivity contribution in [2.24, 2.45) is 0 Å². The van der Waals surface area contributed by atoms with Gasteiger partial charge in [-0.15, -0.1) is 0 Å². The van der Waals surface area contributed by atoms with Crippen LogP contribution in [0.1, 0.15) is 36.9 Å². The molecule has 1 amide bonds. The van der Waals surface area contributed by atoms with Gasteiger partial charge in [0.15, 0.2) is 0 Å². The summed E-state index contributed by atoms with van der Waals surface area (Å²) in [6.07, 6.45) is 2.07. The number of amides is 1. The number of benzene rings is 2. The van der Waals surface area contributed by atoms with Gasteiger partial charge in [0, 0.05) is 11.7 Å². The number of aryl methyl sites for hydroxylation is 1. The fourth-order valence-electron chi connectivity index (χ4n) is 3.50. The lowest BCUT2D eigenvalue weighted by Gasteiger charge is -2.30. The zero-order valence-electron chi connectivity index (χ0n) is 15.5. The molecule has 0 radical (unpaired) electrons. The molecule has 1 fully saturated rings. The van der Waals surface area contributed by atoms with Crippen LogP contribution in [0.2, 0.25) is 0 Å². The highest BCUT2D eigenvalue weighted by Crippen LogP contribution is 2.34. The summed E-state index contributed by atoms with van der Waals surface area (Å²) in [4.78, 5) is 14.9. The number of carbonyl (C=O) groups is 1. The number of nitrogens with zero attached hydrogens (tertiary/aromatic N) is 1. The Balaban J connectivity index is 1.71. The number of anilines is 1. The number of hydrogen-bond donors (Lipinski definition) is 1. The first-order chi connectivity index (χ1) is 12.5. The topological polar surface area (TPSA) is 41.6 Å².